The number of Topliss-reactive ketones (excluding diaryl/α,β-unsaturated/α-hetero) is 1. The molecule has 0 saturated carbocycles. The number of rotatable bonds is 4. The van der Waals surface area contributed by atoms with Gasteiger partial charge in [-0.25, -0.2) is 9.97 Å². The fraction of sp³-hybridized carbons (Fsp3) is 0.579. The molecule has 0 aromatic carbocycles. The van der Waals surface area contributed by atoms with Gasteiger partial charge in [-0.1, -0.05) is 20.8 Å². The summed E-state index contributed by atoms with van der Waals surface area (Å²) < 4.78 is 0. The maximum Gasteiger partial charge on any atom is 0.230 e. The van der Waals surface area contributed by atoms with Crippen molar-refractivity contribution in [2.75, 3.05) is 6.54 Å². The molecule has 1 amide bonds. The normalized spacial score (nSPS) is 17.7. The van der Waals surface area contributed by atoms with E-state index in [1.165, 1.54) is 11.3 Å². The minimum atomic E-state index is -0.254. The second kappa shape index (κ2) is 7.19. The summed E-state index contributed by atoms with van der Waals surface area (Å²) in [7, 11) is 0. The van der Waals surface area contributed by atoms with Crippen molar-refractivity contribution < 1.29 is 9.59 Å². The van der Waals surface area contributed by atoms with Crippen molar-refractivity contribution in [3.05, 3.63) is 21.1 Å². The Hall–Kier alpha value is -1.60. The number of aromatic nitrogens is 2. The summed E-state index contributed by atoms with van der Waals surface area (Å²) >= 11 is 3.20. The summed E-state index contributed by atoms with van der Waals surface area (Å²) in [4.78, 5) is 36.5. The molecule has 140 valence electrons. The predicted molar refractivity (Wildman–Crippen MR) is 106 cm³/mol. The third-order valence-electron chi connectivity index (χ3n) is 4.56. The van der Waals surface area contributed by atoms with Gasteiger partial charge in [-0.3, -0.25) is 9.59 Å². The molecular formula is C19H25N3O2S2. The first kappa shape index (κ1) is 19.2. The lowest BCUT2D eigenvalue weighted by atomic mass is 9.98. The standard InChI is InChI=1S/C19H25N3O2S2/c1-11-17(13-10-25-18(21-13)19(3,4)5)26-15(20-11)9-16(24)22-8-6-7-14(22)12(2)23/h10,14H,6-9H2,1-5H3/t14-/m0/s1. The molecule has 0 bridgehead atoms. The Balaban J connectivity index is 1.77. The van der Waals surface area contributed by atoms with E-state index in [1.54, 1.807) is 23.2 Å². The molecule has 0 radical (unpaired) electrons. The Bertz CT molecular complexity index is 832. The van der Waals surface area contributed by atoms with Gasteiger partial charge in [0.2, 0.25) is 5.91 Å². The molecule has 1 aliphatic heterocycles. The number of hydrogen-bond donors (Lipinski definition) is 0. The number of carbonyl (C=O) groups is 2. The molecule has 26 heavy (non-hydrogen) atoms. The van der Waals surface area contributed by atoms with Gasteiger partial charge < -0.3 is 4.90 Å². The van der Waals surface area contributed by atoms with Crippen molar-refractivity contribution in [1.29, 1.82) is 0 Å². The van der Waals surface area contributed by atoms with Crippen molar-refractivity contribution in [3.63, 3.8) is 0 Å². The van der Waals surface area contributed by atoms with Crippen molar-refractivity contribution in [1.82, 2.24) is 14.9 Å². The topological polar surface area (TPSA) is 63.2 Å². The highest BCUT2D eigenvalue weighted by molar-refractivity contribution is 7.16. The average molecular weight is 392 g/mol. The summed E-state index contributed by atoms with van der Waals surface area (Å²) in [6.45, 7) is 10.7. The van der Waals surface area contributed by atoms with E-state index in [1.807, 2.05) is 6.92 Å². The second-order valence-corrected chi connectivity index (χ2v) is 9.78. The van der Waals surface area contributed by atoms with Crippen LogP contribution in [-0.2, 0) is 21.4 Å². The number of thiazole rings is 2. The van der Waals surface area contributed by atoms with Gasteiger partial charge in [0, 0.05) is 17.3 Å². The van der Waals surface area contributed by atoms with Crippen molar-refractivity contribution in [2.24, 2.45) is 0 Å². The van der Waals surface area contributed by atoms with Crippen LogP contribution >= 0.6 is 22.7 Å². The summed E-state index contributed by atoms with van der Waals surface area (Å²) in [6.07, 6.45) is 1.93. The summed E-state index contributed by atoms with van der Waals surface area (Å²) in [6, 6.07) is -0.254. The first-order valence-corrected chi connectivity index (χ1v) is 10.6. The fourth-order valence-electron chi connectivity index (χ4n) is 3.21. The van der Waals surface area contributed by atoms with E-state index in [-0.39, 0.29) is 29.6 Å². The van der Waals surface area contributed by atoms with E-state index < -0.39 is 0 Å². The van der Waals surface area contributed by atoms with Crippen LogP contribution in [0, 0.1) is 6.92 Å². The summed E-state index contributed by atoms with van der Waals surface area (Å²) in [5.74, 6) is 0.0701. The largest absolute Gasteiger partial charge is 0.332 e. The molecule has 0 unspecified atom stereocenters. The molecule has 3 heterocycles. The summed E-state index contributed by atoms with van der Waals surface area (Å²) in [5.41, 5.74) is 1.88. The molecule has 7 heteroatoms. The minimum absolute atomic E-state index is 0.00309. The smallest absolute Gasteiger partial charge is 0.230 e. The van der Waals surface area contributed by atoms with Crippen LogP contribution in [0.3, 0.4) is 0 Å². The van der Waals surface area contributed by atoms with E-state index >= 15 is 0 Å². The Morgan fingerprint density at radius 3 is 2.65 bits per heavy atom. The van der Waals surface area contributed by atoms with Crippen LogP contribution in [0.2, 0.25) is 0 Å². The number of carbonyl (C=O) groups excluding carboxylic acids is 2. The van der Waals surface area contributed by atoms with E-state index in [2.05, 4.69) is 31.1 Å². The van der Waals surface area contributed by atoms with Gasteiger partial charge in [0.1, 0.15) is 5.01 Å². The third kappa shape index (κ3) is 3.88. The van der Waals surface area contributed by atoms with Crippen LogP contribution in [0.5, 0.6) is 0 Å². The van der Waals surface area contributed by atoms with Gasteiger partial charge >= 0.3 is 0 Å². The average Bonchev–Trinajstić information content (AvgIpc) is 3.24. The maximum atomic E-state index is 12.6. The number of aryl methyl sites for hydroxylation is 1. The van der Waals surface area contributed by atoms with E-state index in [0.29, 0.717) is 6.54 Å². The van der Waals surface area contributed by atoms with Crippen molar-refractivity contribution in [3.8, 4) is 10.6 Å². The van der Waals surface area contributed by atoms with Gasteiger partial charge in [-0.15, -0.1) is 22.7 Å². The molecule has 1 aliphatic rings. The molecule has 2 aromatic heterocycles. The van der Waals surface area contributed by atoms with Gasteiger partial charge in [-0.05, 0) is 26.7 Å². The lowest BCUT2D eigenvalue weighted by Crippen LogP contribution is -2.40. The van der Waals surface area contributed by atoms with Crippen LogP contribution in [-0.4, -0.2) is 39.1 Å². The Morgan fingerprint density at radius 1 is 1.31 bits per heavy atom. The first-order chi connectivity index (χ1) is 12.2. The van der Waals surface area contributed by atoms with Gasteiger partial charge in [0.25, 0.3) is 0 Å². The number of likely N-dealkylation sites (tertiary alicyclic amines) is 1. The van der Waals surface area contributed by atoms with E-state index in [0.717, 1.165) is 39.1 Å². The number of amides is 1. The summed E-state index contributed by atoms with van der Waals surface area (Å²) in [5, 5.41) is 3.96. The van der Waals surface area contributed by atoms with Crippen molar-refractivity contribution in [2.45, 2.75) is 65.3 Å². The SMILES string of the molecule is CC(=O)[C@@H]1CCCN1C(=O)Cc1nc(C)c(-c2csc(C(C)(C)C)n2)s1. The molecule has 1 atom stereocenters. The second-order valence-electron chi connectivity index (χ2n) is 7.84. The molecule has 0 N–H and O–H groups in total. The first-order valence-electron chi connectivity index (χ1n) is 8.89. The van der Waals surface area contributed by atoms with Crippen molar-refractivity contribution >= 4 is 34.4 Å². The maximum absolute atomic E-state index is 12.6. The highest BCUT2D eigenvalue weighted by Gasteiger charge is 2.32. The van der Waals surface area contributed by atoms with Crippen LogP contribution in [0.4, 0.5) is 0 Å². The molecule has 5 nitrogen and oxygen atoms in total. The molecule has 3 rings (SSSR count). The van der Waals surface area contributed by atoms with Gasteiger partial charge in [0.15, 0.2) is 5.78 Å². The fourth-order valence-corrected chi connectivity index (χ4v) is 5.20. The third-order valence-corrected chi connectivity index (χ3v) is 7.01. The molecular weight excluding hydrogens is 366 g/mol. The Kier molecular flexibility index (Phi) is 5.30. The quantitative estimate of drug-likeness (QED) is 0.790. The van der Waals surface area contributed by atoms with Gasteiger partial charge in [-0.2, -0.15) is 0 Å². The number of ketones is 1. The monoisotopic (exact) mass is 391 g/mol. The highest BCUT2D eigenvalue weighted by atomic mass is 32.1. The van der Waals surface area contributed by atoms with E-state index in [9.17, 15) is 9.59 Å². The van der Waals surface area contributed by atoms with Gasteiger partial charge in [0.05, 0.1) is 33.7 Å². The lowest BCUT2D eigenvalue weighted by Gasteiger charge is -2.22. The zero-order valence-electron chi connectivity index (χ0n) is 16.0. The Morgan fingerprint density at radius 2 is 2.04 bits per heavy atom. The Labute approximate surface area is 162 Å². The molecule has 1 fully saturated rings. The van der Waals surface area contributed by atoms with Crippen LogP contribution in [0.25, 0.3) is 10.6 Å². The minimum Gasteiger partial charge on any atom is -0.332 e. The lowest BCUT2D eigenvalue weighted by molar-refractivity contribution is -0.136. The zero-order valence-corrected chi connectivity index (χ0v) is 17.6. The zero-order chi connectivity index (χ0) is 19.1. The number of nitrogens with zero attached hydrogens (tertiary/aromatic N) is 3. The van der Waals surface area contributed by atoms with E-state index in [4.69, 9.17) is 4.98 Å². The molecule has 1 saturated heterocycles. The molecule has 0 aliphatic carbocycles. The molecule has 0 spiro atoms. The molecule has 2 aromatic rings. The van der Waals surface area contributed by atoms with Crippen LogP contribution in [0.15, 0.2) is 5.38 Å². The van der Waals surface area contributed by atoms with Crippen LogP contribution in [0.1, 0.15) is 56.2 Å². The predicted octanol–water partition coefficient (Wildman–Crippen LogP) is 4.00. The highest BCUT2D eigenvalue weighted by Crippen LogP contribution is 2.34. The van der Waals surface area contributed by atoms with Crippen LogP contribution < -0.4 is 0 Å². The number of hydrogen-bond acceptors (Lipinski definition) is 6.